The molecule has 0 aliphatic heterocycles. The first-order valence-electron chi connectivity index (χ1n) is 5.54. The third-order valence-electron chi connectivity index (χ3n) is 2.60. The first kappa shape index (κ1) is 12.3. The molecular formula is C12H17N3OS. The minimum atomic E-state index is -0.221. The van der Waals surface area contributed by atoms with Crippen LogP contribution >= 0.6 is 11.3 Å². The molecule has 2 heterocycles. The molecule has 2 N–H and O–H groups in total. The Hall–Kier alpha value is -1.20. The molecule has 1 unspecified atom stereocenters. The van der Waals surface area contributed by atoms with Gasteiger partial charge in [0.25, 0.3) is 5.89 Å². The molecule has 4 nitrogen and oxygen atoms in total. The molecule has 2 aromatic rings. The van der Waals surface area contributed by atoms with Gasteiger partial charge >= 0.3 is 0 Å². The zero-order chi connectivity index (χ0) is 12.6. The SMILES string of the molecule is Cc1ccc(-c2nc(C(N)C(C)(C)C)no2)s1. The molecule has 1 atom stereocenters. The zero-order valence-corrected chi connectivity index (χ0v) is 11.3. The van der Waals surface area contributed by atoms with Crippen molar-refractivity contribution < 1.29 is 4.52 Å². The van der Waals surface area contributed by atoms with Gasteiger partial charge in [-0.1, -0.05) is 25.9 Å². The summed E-state index contributed by atoms with van der Waals surface area (Å²) in [5.74, 6) is 1.12. The van der Waals surface area contributed by atoms with E-state index in [0.717, 1.165) is 4.88 Å². The van der Waals surface area contributed by atoms with Crippen LogP contribution in [-0.2, 0) is 0 Å². The maximum absolute atomic E-state index is 6.09. The van der Waals surface area contributed by atoms with Crippen molar-refractivity contribution in [1.29, 1.82) is 0 Å². The predicted molar refractivity (Wildman–Crippen MR) is 68.7 cm³/mol. The van der Waals surface area contributed by atoms with Crippen LogP contribution in [0.1, 0.15) is 37.5 Å². The second-order valence-electron chi connectivity index (χ2n) is 5.21. The fraction of sp³-hybridized carbons (Fsp3) is 0.500. The average molecular weight is 251 g/mol. The van der Waals surface area contributed by atoms with Crippen LogP contribution in [0, 0.1) is 12.3 Å². The second kappa shape index (κ2) is 4.23. The Morgan fingerprint density at radius 3 is 2.59 bits per heavy atom. The highest BCUT2D eigenvalue weighted by Gasteiger charge is 2.27. The van der Waals surface area contributed by atoms with Gasteiger partial charge in [-0.05, 0) is 24.5 Å². The van der Waals surface area contributed by atoms with Crippen LogP contribution in [0.15, 0.2) is 16.7 Å². The highest BCUT2D eigenvalue weighted by Crippen LogP contribution is 2.31. The van der Waals surface area contributed by atoms with E-state index < -0.39 is 0 Å². The first-order chi connectivity index (χ1) is 7.88. The molecule has 0 bridgehead atoms. The summed E-state index contributed by atoms with van der Waals surface area (Å²) in [6.45, 7) is 8.22. The van der Waals surface area contributed by atoms with Crippen LogP contribution in [0.4, 0.5) is 0 Å². The third-order valence-corrected chi connectivity index (χ3v) is 3.59. The van der Waals surface area contributed by atoms with Crippen molar-refractivity contribution in [1.82, 2.24) is 10.1 Å². The van der Waals surface area contributed by atoms with Crippen molar-refractivity contribution in [2.24, 2.45) is 11.1 Å². The van der Waals surface area contributed by atoms with Crippen LogP contribution in [-0.4, -0.2) is 10.1 Å². The number of hydrogen-bond donors (Lipinski definition) is 1. The molecule has 0 aliphatic carbocycles. The average Bonchev–Trinajstić information content (AvgIpc) is 2.83. The fourth-order valence-corrected chi connectivity index (χ4v) is 2.19. The van der Waals surface area contributed by atoms with E-state index in [1.807, 2.05) is 19.1 Å². The van der Waals surface area contributed by atoms with E-state index in [2.05, 4.69) is 30.9 Å². The maximum Gasteiger partial charge on any atom is 0.268 e. The summed E-state index contributed by atoms with van der Waals surface area (Å²) >= 11 is 1.64. The molecule has 2 rings (SSSR count). The standard InChI is InChI=1S/C12H17N3OS/c1-7-5-6-8(17-7)11-14-10(15-16-11)9(13)12(2,3)4/h5-6,9H,13H2,1-4H3. The van der Waals surface area contributed by atoms with Gasteiger partial charge in [-0.2, -0.15) is 4.98 Å². The van der Waals surface area contributed by atoms with Crippen LogP contribution in [0.5, 0.6) is 0 Å². The fourth-order valence-electron chi connectivity index (χ4n) is 1.40. The number of aromatic nitrogens is 2. The highest BCUT2D eigenvalue weighted by atomic mass is 32.1. The van der Waals surface area contributed by atoms with Crippen molar-refractivity contribution in [2.45, 2.75) is 33.7 Å². The molecule has 0 amide bonds. The molecule has 5 heteroatoms. The summed E-state index contributed by atoms with van der Waals surface area (Å²) in [6.07, 6.45) is 0. The van der Waals surface area contributed by atoms with Crippen molar-refractivity contribution in [3.8, 4) is 10.8 Å². The number of hydrogen-bond acceptors (Lipinski definition) is 5. The van der Waals surface area contributed by atoms with E-state index in [4.69, 9.17) is 10.3 Å². The summed E-state index contributed by atoms with van der Waals surface area (Å²) in [6, 6.07) is 3.80. The van der Waals surface area contributed by atoms with Crippen molar-refractivity contribution in [3.63, 3.8) is 0 Å². The quantitative estimate of drug-likeness (QED) is 0.890. The monoisotopic (exact) mass is 251 g/mol. The maximum atomic E-state index is 6.09. The number of nitrogens with zero attached hydrogens (tertiary/aromatic N) is 2. The second-order valence-corrected chi connectivity index (χ2v) is 6.50. The van der Waals surface area contributed by atoms with Gasteiger partial charge in [0.15, 0.2) is 5.82 Å². The van der Waals surface area contributed by atoms with Crippen molar-refractivity contribution >= 4 is 11.3 Å². The van der Waals surface area contributed by atoms with E-state index in [1.54, 1.807) is 11.3 Å². The van der Waals surface area contributed by atoms with Gasteiger partial charge in [-0.3, -0.25) is 0 Å². The van der Waals surface area contributed by atoms with E-state index in [0.29, 0.717) is 11.7 Å². The summed E-state index contributed by atoms with van der Waals surface area (Å²) < 4.78 is 5.25. The van der Waals surface area contributed by atoms with Gasteiger partial charge in [0.05, 0.1) is 10.9 Å². The lowest BCUT2D eigenvalue weighted by atomic mass is 9.87. The molecular weight excluding hydrogens is 234 g/mol. The molecule has 17 heavy (non-hydrogen) atoms. The van der Waals surface area contributed by atoms with Crippen LogP contribution in [0.2, 0.25) is 0 Å². The van der Waals surface area contributed by atoms with Gasteiger partial charge in [-0.15, -0.1) is 11.3 Å². The molecule has 0 aromatic carbocycles. The first-order valence-corrected chi connectivity index (χ1v) is 6.35. The Morgan fingerprint density at radius 2 is 2.06 bits per heavy atom. The predicted octanol–water partition coefficient (Wildman–Crippen LogP) is 3.15. The van der Waals surface area contributed by atoms with Crippen LogP contribution < -0.4 is 5.73 Å². The summed E-state index contributed by atoms with van der Waals surface area (Å²) in [5, 5.41) is 3.96. The molecule has 2 aromatic heterocycles. The zero-order valence-electron chi connectivity index (χ0n) is 10.5. The lowest BCUT2D eigenvalue weighted by Crippen LogP contribution is -2.27. The minimum absolute atomic E-state index is 0.0769. The van der Waals surface area contributed by atoms with Crippen molar-refractivity contribution in [2.75, 3.05) is 0 Å². The largest absolute Gasteiger partial charge is 0.333 e. The number of aryl methyl sites for hydroxylation is 1. The molecule has 0 aliphatic rings. The van der Waals surface area contributed by atoms with E-state index in [1.165, 1.54) is 4.88 Å². The molecule has 0 saturated carbocycles. The smallest absolute Gasteiger partial charge is 0.268 e. The normalized spacial score (nSPS) is 13.9. The van der Waals surface area contributed by atoms with E-state index in [9.17, 15) is 0 Å². The lowest BCUT2D eigenvalue weighted by molar-refractivity contribution is 0.303. The summed E-state index contributed by atoms with van der Waals surface area (Å²) in [4.78, 5) is 6.58. The summed E-state index contributed by atoms with van der Waals surface area (Å²) in [7, 11) is 0. The number of rotatable bonds is 2. The Balaban J connectivity index is 2.28. The van der Waals surface area contributed by atoms with Gasteiger partial charge < -0.3 is 10.3 Å². The Bertz CT molecular complexity index is 510. The lowest BCUT2D eigenvalue weighted by Gasteiger charge is -2.23. The van der Waals surface area contributed by atoms with Gasteiger partial charge in [0, 0.05) is 4.88 Å². The van der Waals surface area contributed by atoms with Gasteiger partial charge in [-0.25, -0.2) is 0 Å². The molecule has 0 radical (unpaired) electrons. The molecule has 0 spiro atoms. The van der Waals surface area contributed by atoms with Crippen LogP contribution in [0.3, 0.4) is 0 Å². The number of nitrogens with two attached hydrogens (primary N) is 1. The van der Waals surface area contributed by atoms with Crippen LogP contribution in [0.25, 0.3) is 10.8 Å². The topological polar surface area (TPSA) is 64.9 Å². The van der Waals surface area contributed by atoms with Crippen molar-refractivity contribution in [3.05, 3.63) is 22.8 Å². The molecule has 92 valence electrons. The summed E-state index contributed by atoms with van der Waals surface area (Å²) in [5.41, 5.74) is 6.01. The Morgan fingerprint density at radius 1 is 1.35 bits per heavy atom. The Labute approximate surface area is 105 Å². The Kier molecular flexibility index (Phi) is 3.05. The van der Waals surface area contributed by atoms with Gasteiger partial charge in [0.1, 0.15) is 0 Å². The number of thiophene rings is 1. The van der Waals surface area contributed by atoms with E-state index >= 15 is 0 Å². The highest BCUT2D eigenvalue weighted by molar-refractivity contribution is 7.15. The molecule has 0 fully saturated rings. The third kappa shape index (κ3) is 2.56. The van der Waals surface area contributed by atoms with Gasteiger partial charge in [0.2, 0.25) is 0 Å². The van der Waals surface area contributed by atoms with E-state index in [-0.39, 0.29) is 11.5 Å². The minimum Gasteiger partial charge on any atom is -0.333 e. The molecule has 0 saturated heterocycles.